The molecule has 1 aromatic carbocycles. The molecular weight excluding hydrogens is 508 g/mol. The highest BCUT2D eigenvalue weighted by Crippen LogP contribution is 2.37. The summed E-state index contributed by atoms with van der Waals surface area (Å²) in [4.78, 5) is 34.9. The third-order valence-electron chi connectivity index (χ3n) is 5.11. The first-order valence-corrected chi connectivity index (χ1v) is 9.99. The molecule has 0 aliphatic carbocycles. The van der Waals surface area contributed by atoms with Crippen molar-refractivity contribution in [3.8, 4) is 0 Å². The second-order valence-corrected chi connectivity index (χ2v) is 7.81. The lowest BCUT2D eigenvalue weighted by Crippen LogP contribution is -2.34. The minimum atomic E-state index is -4.69. The van der Waals surface area contributed by atoms with Crippen molar-refractivity contribution in [1.29, 1.82) is 0 Å². The van der Waals surface area contributed by atoms with Gasteiger partial charge in [-0.25, -0.2) is 9.88 Å². The van der Waals surface area contributed by atoms with E-state index in [1.54, 1.807) is 0 Å². The maximum absolute atomic E-state index is 13.1. The highest BCUT2D eigenvalue weighted by Gasteiger charge is 2.56. The smallest absolute Gasteiger partial charge is 0.381 e. The number of oxime groups is 1. The van der Waals surface area contributed by atoms with Crippen molar-refractivity contribution in [3.05, 3.63) is 52.7 Å². The minimum Gasteiger partial charge on any atom is -0.381 e. The molecule has 4 rings (SSSR count). The first kappa shape index (κ1) is 24.4. The molecule has 2 atom stereocenters. The van der Waals surface area contributed by atoms with Crippen molar-refractivity contribution < 1.29 is 40.8 Å². The number of anilines is 2. The Balaban J connectivity index is 1.55. The Bertz CT molecular complexity index is 1280. The fourth-order valence-electron chi connectivity index (χ4n) is 3.42. The molecule has 2 amide bonds. The van der Waals surface area contributed by atoms with Gasteiger partial charge in [-0.05, 0) is 31.2 Å². The molecule has 0 bridgehead atoms. The number of halogens is 7. The van der Waals surface area contributed by atoms with E-state index in [1.807, 2.05) is 0 Å². The molecule has 35 heavy (non-hydrogen) atoms. The van der Waals surface area contributed by atoms with Crippen molar-refractivity contribution in [1.82, 2.24) is 4.98 Å². The predicted molar refractivity (Wildman–Crippen MR) is 111 cm³/mol. The van der Waals surface area contributed by atoms with Crippen LogP contribution in [0, 0.1) is 5.92 Å². The van der Waals surface area contributed by atoms with E-state index >= 15 is 0 Å². The number of hydrogen-bond donors (Lipinski definition) is 1. The first-order valence-electron chi connectivity index (χ1n) is 9.61. The molecule has 0 spiro atoms. The topological polar surface area (TPSA) is 96.2 Å². The van der Waals surface area contributed by atoms with Gasteiger partial charge in [-0.1, -0.05) is 22.8 Å². The molecule has 0 saturated carbocycles. The summed E-state index contributed by atoms with van der Waals surface area (Å²) in [5.41, 5.74) is -0.165. The van der Waals surface area contributed by atoms with Crippen molar-refractivity contribution in [3.63, 3.8) is 0 Å². The number of imide groups is 1. The maximum Gasteiger partial charge on any atom is 0.417 e. The highest BCUT2D eigenvalue weighted by molar-refractivity contribution is 6.49. The summed E-state index contributed by atoms with van der Waals surface area (Å²) in [7, 11) is 0. The van der Waals surface area contributed by atoms with Crippen molar-refractivity contribution in [2.24, 2.45) is 16.2 Å². The van der Waals surface area contributed by atoms with Gasteiger partial charge in [-0.15, -0.1) is 0 Å². The summed E-state index contributed by atoms with van der Waals surface area (Å²) < 4.78 is 77.4. The van der Waals surface area contributed by atoms with Gasteiger partial charge in [-0.2, -0.15) is 31.4 Å². The zero-order valence-electron chi connectivity index (χ0n) is 17.3. The molecule has 0 radical (unpaired) electrons. The number of carbonyl (C=O) groups is 2. The second kappa shape index (κ2) is 8.52. The van der Waals surface area contributed by atoms with E-state index in [0.717, 1.165) is 12.1 Å². The molecule has 1 N–H and O–H groups in total. The number of benzene rings is 1. The summed E-state index contributed by atoms with van der Waals surface area (Å²) in [6, 6.07) is 4.32. The van der Waals surface area contributed by atoms with Crippen molar-refractivity contribution >= 4 is 46.3 Å². The van der Waals surface area contributed by atoms with Gasteiger partial charge in [0.15, 0.2) is 5.82 Å². The molecule has 2 aliphatic rings. The first-order chi connectivity index (χ1) is 16.3. The van der Waals surface area contributed by atoms with Crippen LogP contribution in [0.2, 0.25) is 5.02 Å². The Kier molecular flexibility index (Phi) is 5.95. The van der Waals surface area contributed by atoms with Gasteiger partial charge in [0, 0.05) is 6.20 Å². The number of amides is 2. The van der Waals surface area contributed by atoms with Gasteiger partial charge >= 0.3 is 12.4 Å². The van der Waals surface area contributed by atoms with Crippen LogP contribution in [0.4, 0.5) is 37.8 Å². The van der Waals surface area contributed by atoms with E-state index in [-0.39, 0.29) is 28.0 Å². The Morgan fingerprint density at radius 2 is 1.77 bits per heavy atom. The summed E-state index contributed by atoms with van der Waals surface area (Å²) in [5.74, 6) is -3.31. The van der Waals surface area contributed by atoms with Gasteiger partial charge in [0.05, 0.1) is 27.5 Å². The zero-order chi connectivity index (χ0) is 25.7. The van der Waals surface area contributed by atoms with Crippen LogP contribution in [0.5, 0.6) is 0 Å². The number of hydrogen-bond acceptors (Lipinski definition) is 7. The van der Waals surface area contributed by atoms with E-state index < -0.39 is 47.3 Å². The molecule has 2 aliphatic heterocycles. The maximum atomic E-state index is 13.1. The van der Waals surface area contributed by atoms with E-state index in [9.17, 15) is 35.9 Å². The highest BCUT2D eigenvalue weighted by atomic mass is 35.5. The molecule has 1 saturated heterocycles. The monoisotopic (exact) mass is 519 g/mol. The molecule has 1 aromatic heterocycles. The SMILES string of the molecule is C/C(=N\Nc1ncc(C(F)(F)F)cc1Cl)C1=NOC2C(=O)N(c3cccc(C(F)(F)F)c3)C(=O)C12. The Hall–Kier alpha value is -3.68. The lowest BCUT2D eigenvalue weighted by molar-refractivity contribution is -0.138. The van der Waals surface area contributed by atoms with Crippen molar-refractivity contribution in [2.75, 3.05) is 10.3 Å². The number of carbonyl (C=O) groups excluding carboxylic acids is 2. The fraction of sp³-hybridized carbons (Fsp3) is 0.250. The van der Waals surface area contributed by atoms with Crippen LogP contribution < -0.4 is 10.3 Å². The van der Waals surface area contributed by atoms with Crippen LogP contribution >= 0.6 is 11.6 Å². The molecule has 8 nitrogen and oxygen atoms in total. The van der Waals surface area contributed by atoms with Gasteiger partial charge < -0.3 is 4.84 Å². The van der Waals surface area contributed by atoms with Gasteiger partial charge in [0.25, 0.3) is 5.91 Å². The van der Waals surface area contributed by atoms with E-state index in [2.05, 4.69) is 20.7 Å². The van der Waals surface area contributed by atoms with Crippen LogP contribution in [0.3, 0.4) is 0 Å². The van der Waals surface area contributed by atoms with Crippen LogP contribution in [-0.4, -0.2) is 34.3 Å². The molecule has 3 heterocycles. The molecule has 1 fully saturated rings. The van der Waals surface area contributed by atoms with E-state index in [1.165, 1.54) is 13.0 Å². The lowest BCUT2D eigenvalue weighted by atomic mass is 9.97. The number of aromatic nitrogens is 1. The average Bonchev–Trinajstić information content (AvgIpc) is 3.31. The third kappa shape index (κ3) is 4.52. The quantitative estimate of drug-likeness (QED) is 0.278. The van der Waals surface area contributed by atoms with Crippen LogP contribution in [0.1, 0.15) is 18.1 Å². The summed E-state index contributed by atoms with van der Waals surface area (Å²) in [6.07, 6.45) is -10.2. The fourth-order valence-corrected chi connectivity index (χ4v) is 3.63. The number of nitrogens with one attached hydrogen (secondary N) is 1. The summed E-state index contributed by atoms with van der Waals surface area (Å²) >= 11 is 5.81. The largest absolute Gasteiger partial charge is 0.417 e. The standard InChI is InChI=1S/C20H12ClF6N5O3/c1-8(29-30-16-12(21)6-10(7-28-16)20(25,26)27)14-13-15(35-31-14)18(34)32(17(13)33)11-4-2-3-9(5-11)19(22,23)24/h2-7,13,15H,1H3,(H,28,30)/b29-8+. The Labute approximate surface area is 197 Å². The summed E-state index contributed by atoms with van der Waals surface area (Å²) in [6.45, 7) is 1.36. The summed E-state index contributed by atoms with van der Waals surface area (Å²) in [5, 5.41) is 7.19. The van der Waals surface area contributed by atoms with Crippen LogP contribution in [-0.2, 0) is 26.8 Å². The average molecular weight is 520 g/mol. The molecular formula is C20H12ClF6N5O3. The molecule has 184 valence electrons. The van der Waals surface area contributed by atoms with Crippen molar-refractivity contribution in [2.45, 2.75) is 25.4 Å². The molecule has 2 unspecified atom stereocenters. The van der Waals surface area contributed by atoms with E-state index in [0.29, 0.717) is 23.2 Å². The number of hydrazone groups is 1. The van der Waals surface area contributed by atoms with Gasteiger partial charge in [0.1, 0.15) is 11.6 Å². The number of rotatable bonds is 4. The third-order valence-corrected chi connectivity index (χ3v) is 5.40. The number of alkyl halides is 6. The second-order valence-electron chi connectivity index (χ2n) is 7.40. The van der Waals surface area contributed by atoms with E-state index in [4.69, 9.17) is 16.4 Å². The Morgan fingerprint density at radius 3 is 2.40 bits per heavy atom. The molecule has 15 heteroatoms. The number of fused-ring (bicyclic) bond motifs is 1. The van der Waals surface area contributed by atoms with Crippen LogP contribution in [0.25, 0.3) is 0 Å². The lowest BCUT2D eigenvalue weighted by Gasteiger charge is -2.17. The number of nitrogens with zero attached hydrogens (tertiary/aromatic N) is 4. The van der Waals surface area contributed by atoms with Crippen LogP contribution in [0.15, 0.2) is 46.8 Å². The predicted octanol–water partition coefficient (Wildman–Crippen LogP) is 4.50. The Morgan fingerprint density at radius 1 is 1.09 bits per heavy atom. The van der Waals surface area contributed by atoms with Gasteiger partial charge in [0.2, 0.25) is 12.0 Å². The molecule has 2 aromatic rings. The van der Waals surface area contributed by atoms with Gasteiger partial charge in [-0.3, -0.25) is 15.0 Å². The normalized spacial score (nSPS) is 20.6. The zero-order valence-corrected chi connectivity index (χ0v) is 18.0. The minimum absolute atomic E-state index is 0.00214. The number of pyridine rings is 1.